The van der Waals surface area contributed by atoms with Gasteiger partial charge in [0.15, 0.2) is 0 Å². The second-order valence-electron chi connectivity index (χ2n) is 2.90. The molecular formula is C8H13Cl2. The SMILES string of the molecule is CC[CH]C1CCCC1(Cl)Cl. The quantitative estimate of drug-likeness (QED) is 0.569. The summed E-state index contributed by atoms with van der Waals surface area (Å²) in [6, 6.07) is 0. The van der Waals surface area contributed by atoms with Gasteiger partial charge in [-0.15, -0.1) is 23.2 Å². The average Bonchev–Trinajstić information content (AvgIpc) is 2.13. The summed E-state index contributed by atoms with van der Waals surface area (Å²) in [7, 11) is 0. The summed E-state index contributed by atoms with van der Waals surface area (Å²) in [5, 5.41) is 0. The van der Waals surface area contributed by atoms with E-state index in [1.165, 1.54) is 12.8 Å². The highest BCUT2D eigenvalue weighted by Gasteiger charge is 2.38. The van der Waals surface area contributed by atoms with Gasteiger partial charge in [-0.3, -0.25) is 0 Å². The standard InChI is InChI=1S/C8H13Cl2/c1-2-4-7-5-3-6-8(7,9)10/h4,7H,2-3,5-6H2,1H3. The molecule has 1 fully saturated rings. The van der Waals surface area contributed by atoms with Crippen molar-refractivity contribution >= 4 is 23.2 Å². The summed E-state index contributed by atoms with van der Waals surface area (Å²) in [5.41, 5.74) is 0. The van der Waals surface area contributed by atoms with Gasteiger partial charge in [-0.25, -0.2) is 0 Å². The van der Waals surface area contributed by atoms with E-state index < -0.39 is 4.33 Å². The first-order chi connectivity index (χ1) is 4.67. The monoisotopic (exact) mass is 179 g/mol. The van der Waals surface area contributed by atoms with Gasteiger partial charge in [-0.2, -0.15) is 0 Å². The Hall–Kier alpha value is 0.580. The maximum Gasteiger partial charge on any atom is 0.121 e. The first-order valence-corrected chi connectivity index (χ1v) is 4.63. The van der Waals surface area contributed by atoms with Crippen molar-refractivity contribution in [2.75, 3.05) is 0 Å². The number of alkyl halides is 2. The Morgan fingerprint density at radius 3 is 2.70 bits per heavy atom. The van der Waals surface area contributed by atoms with Crippen molar-refractivity contribution in [3.8, 4) is 0 Å². The van der Waals surface area contributed by atoms with Crippen LogP contribution >= 0.6 is 23.2 Å². The highest BCUT2D eigenvalue weighted by atomic mass is 35.5. The molecule has 1 saturated carbocycles. The van der Waals surface area contributed by atoms with E-state index in [9.17, 15) is 0 Å². The van der Waals surface area contributed by atoms with Gasteiger partial charge in [0.2, 0.25) is 0 Å². The number of halogens is 2. The molecule has 1 aliphatic rings. The Morgan fingerprint density at radius 2 is 2.30 bits per heavy atom. The van der Waals surface area contributed by atoms with Crippen molar-refractivity contribution in [1.29, 1.82) is 0 Å². The van der Waals surface area contributed by atoms with Crippen molar-refractivity contribution in [3.05, 3.63) is 6.42 Å². The molecule has 0 bridgehead atoms. The van der Waals surface area contributed by atoms with Crippen molar-refractivity contribution in [3.63, 3.8) is 0 Å². The van der Waals surface area contributed by atoms with E-state index in [1.807, 2.05) is 0 Å². The molecule has 1 aliphatic carbocycles. The lowest BCUT2D eigenvalue weighted by molar-refractivity contribution is 0.583. The fraction of sp³-hybridized carbons (Fsp3) is 0.875. The summed E-state index contributed by atoms with van der Waals surface area (Å²) in [6.07, 6.45) is 6.60. The predicted octanol–water partition coefficient (Wildman–Crippen LogP) is 3.57. The average molecular weight is 180 g/mol. The summed E-state index contributed by atoms with van der Waals surface area (Å²) >= 11 is 12.1. The molecule has 1 radical (unpaired) electrons. The highest BCUT2D eigenvalue weighted by molar-refractivity contribution is 6.48. The van der Waals surface area contributed by atoms with Crippen LogP contribution in [-0.2, 0) is 0 Å². The van der Waals surface area contributed by atoms with Gasteiger partial charge >= 0.3 is 0 Å². The summed E-state index contributed by atoms with van der Waals surface area (Å²) < 4.78 is -0.448. The maximum atomic E-state index is 6.05. The van der Waals surface area contributed by atoms with Crippen LogP contribution in [-0.4, -0.2) is 4.33 Å². The lowest BCUT2D eigenvalue weighted by Gasteiger charge is -2.20. The van der Waals surface area contributed by atoms with E-state index in [4.69, 9.17) is 23.2 Å². The van der Waals surface area contributed by atoms with Gasteiger partial charge in [0.25, 0.3) is 0 Å². The zero-order valence-electron chi connectivity index (χ0n) is 6.24. The van der Waals surface area contributed by atoms with E-state index in [2.05, 4.69) is 13.3 Å². The lowest BCUT2D eigenvalue weighted by atomic mass is 10.0. The van der Waals surface area contributed by atoms with Crippen LogP contribution in [0.15, 0.2) is 0 Å². The Kier molecular flexibility index (Phi) is 2.88. The minimum Gasteiger partial charge on any atom is -0.101 e. The third-order valence-corrected chi connectivity index (χ3v) is 3.03. The van der Waals surface area contributed by atoms with E-state index in [-0.39, 0.29) is 0 Å². The van der Waals surface area contributed by atoms with E-state index in [1.54, 1.807) is 0 Å². The molecule has 1 unspecified atom stereocenters. The van der Waals surface area contributed by atoms with Crippen molar-refractivity contribution in [2.45, 2.75) is 36.9 Å². The number of rotatable bonds is 2. The van der Waals surface area contributed by atoms with Gasteiger partial charge < -0.3 is 0 Å². The molecule has 10 heavy (non-hydrogen) atoms. The van der Waals surface area contributed by atoms with Gasteiger partial charge in [0.1, 0.15) is 4.33 Å². The molecule has 2 heteroatoms. The van der Waals surface area contributed by atoms with Gasteiger partial charge in [0, 0.05) is 0 Å². The van der Waals surface area contributed by atoms with Gasteiger partial charge in [0.05, 0.1) is 0 Å². The highest BCUT2D eigenvalue weighted by Crippen LogP contribution is 2.45. The number of hydrogen-bond acceptors (Lipinski definition) is 0. The molecular weight excluding hydrogens is 167 g/mol. The Labute approximate surface area is 72.9 Å². The van der Waals surface area contributed by atoms with Crippen molar-refractivity contribution in [1.82, 2.24) is 0 Å². The number of hydrogen-bond donors (Lipinski definition) is 0. The molecule has 0 spiro atoms. The van der Waals surface area contributed by atoms with Crippen LogP contribution < -0.4 is 0 Å². The van der Waals surface area contributed by atoms with Crippen molar-refractivity contribution in [2.24, 2.45) is 5.92 Å². The van der Waals surface area contributed by atoms with Crippen LogP contribution in [0, 0.1) is 12.3 Å². The zero-order chi connectivity index (χ0) is 7.61. The second-order valence-corrected chi connectivity index (χ2v) is 4.45. The Bertz CT molecular complexity index is 110. The molecule has 1 atom stereocenters. The fourth-order valence-corrected chi connectivity index (χ4v) is 2.19. The van der Waals surface area contributed by atoms with Gasteiger partial charge in [-0.05, 0) is 25.2 Å². The minimum absolute atomic E-state index is 0.431. The van der Waals surface area contributed by atoms with Crippen LogP contribution in [0.3, 0.4) is 0 Å². The molecule has 1 rings (SSSR count). The normalized spacial score (nSPS) is 30.9. The molecule has 0 amide bonds. The molecule has 0 nitrogen and oxygen atoms in total. The van der Waals surface area contributed by atoms with Crippen LogP contribution in [0.1, 0.15) is 32.6 Å². The largest absolute Gasteiger partial charge is 0.121 e. The molecule has 0 heterocycles. The summed E-state index contributed by atoms with van der Waals surface area (Å²) in [5.74, 6) is 0.431. The van der Waals surface area contributed by atoms with Crippen LogP contribution in [0.25, 0.3) is 0 Å². The second kappa shape index (κ2) is 3.32. The van der Waals surface area contributed by atoms with Crippen LogP contribution in [0.2, 0.25) is 0 Å². The van der Waals surface area contributed by atoms with E-state index in [0.29, 0.717) is 5.92 Å². The minimum atomic E-state index is -0.448. The fourth-order valence-electron chi connectivity index (χ4n) is 1.53. The molecule has 0 aliphatic heterocycles. The maximum absolute atomic E-state index is 6.05. The third-order valence-electron chi connectivity index (χ3n) is 2.09. The molecule has 0 saturated heterocycles. The van der Waals surface area contributed by atoms with Crippen LogP contribution in [0.5, 0.6) is 0 Å². The smallest absolute Gasteiger partial charge is 0.101 e. The topological polar surface area (TPSA) is 0 Å². The molecule has 59 valence electrons. The van der Waals surface area contributed by atoms with Gasteiger partial charge in [-0.1, -0.05) is 19.8 Å². The predicted molar refractivity (Wildman–Crippen MR) is 46.4 cm³/mol. The zero-order valence-corrected chi connectivity index (χ0v) is 7.75. The first-order valence-electron chi connectivity index (χ1n) is 3.88. The molecule has 0 aromatic rings. The Balaban J connectivity index is 2.43. The first kappa shape index (κ1) is 8.67. The Morgan fingerprint density at radius 1 is 1.60 bits per heavy atom. The third kappa shape index (κ3) is 1.79. The van der Waals surface area contributed by atoms with Crippen molar-refractivity contribution < 1.29 is 0 Å². The molecule has 0 aromatic heterocycles. The lowest BCUT2D eigenvalue weighted by Crippen LogP contribution is -2.18. The molecule has 0 N–H and O–H groups in total. The van der Waals surface area contributed by atoms with Crippen LogP contribution in [0.4, 0.5) is 0 Å². The van der Waals surface area contributed by atoms with E-state index >= 15 is 0 Å². The summed E-state index contributed by atoms with van der Waals surface area (Å²) in [4.78, 5) is 0. The molecule has 0 aromatic carbocycles. The summed E-state index contributed by atoms with van der Waals surface area (Å²) in [6.45, 7) is 2.13. The van der Waals surface area contributed by atoms with E-state index in [0.717, 1.165) is 12.8 Å².